The third-order valence-electron chi connectivity index (χ3n) is 3.42. The van der Waals surface area contributed by atoms with Crippen LogP contribution in [0.2, 0.25) is 10.0 Å². The lowest BCUT2D eigenvalue weighted by Crippen LogP contribution is -2.17. The van der Waals surface area contributed by atoms with Crippen molar-refractivity contribution in [1.29, 1.82) is 0 Å². The molecule has 2 aromatic rings. The number of benzene rings is 1. The van der Waals surface area contributed by atoms with Crippen LogP contribution in [0.25, 0.3) is 5.57 Å². The Morgan fingerprint density at radius 1 is 1.04 bits per heavy atom. The fourth-order valence-electron chi connectivity index (χ4n) is 2.39. The molecule has 2 heterocycles. The second kappa shape index (κ2) is 9.84. The van der Waals surface area contributed by atoms with Crippen LogP contribution in [0.3, 0.4) is 0 Å². The Morgan fingerprint density at radius 2 is 1.68 bits per heavy atom. The monoisotopic (exact) mass is 379 g/mol. The Kier molecular flexibility index (Phi) is 8.47. The van der Waals surface area contributed by atoms with Crippen molar-refractivity contribution in [1.82, 2.24) is 4.98 Å². The van der Waals surface area contributed by atoms with Gasteiger partial charge in [0.05, 0.1) is 16.7 Å². The number of fused-ring (bicyclic) bond motifs is 1. The van der Waals surface area contributed by atoms with Crippen LogP contribution >= 0.6 is 23.2 Å². The molecule has 0 spiro atoms. The minimum absolute atomic E-state index is 0.0941. The van der Waals surface area contributed by atoms with Gasteiger partial charge < -0.3 is 4.74 Å². The maximum absolute atomic E-state index is 6.19. The molecule has 1 aromatic carbocycles. The summed E-state index contributed by atoms with van der Waals surface area (Å²) in [5, 5.41) is 1.02. The summed E-state index contributed by atoms with van der Waals surface area (Å²) in [4.78, 5) is 4.21. The zero-order valence-electron chi connectivity index (χ0n) is 15.9. The van der Waals surface area contributed by atoms with Crippen molar-refractivity contribution < 1.29 is 4.74 Å². The number of ether oxygens (including phenoxy) is 1. The van der Waals surface area contributed by atoms with E-state index >= 15 is 0 Å². The first-order chi connectivity index (χ1) is 12.0. The number of hydrogen-bond acceptors (Lipinski definition) is 2. The summed E-state index contributed by atoms with van der Waals surface area (Å²) in [5.74, 6) is 0.755. The molecule has 0 atom stereocenters. The van der Waals surface area contributed by atoms with Gasteiger partial charge in [0, 0.05) is 35.0 Å². The molecule has 1 aliphatic heterocycles. The van der Waals surface area contributed by atoms with Gasteiger partial charge in [0.2, 0.25) is 0 Å². The Hall–Kier alpha value is -1.51. The number of aromatic nitrogens is 1. The van der Waals surface area contributed by atoms with Gasteiger partial charge in [-0.1, -0.05) is 76.9 Å². The van der Waals surface area contributed by atoms with Gasteiger partial charge in [0.15, 0.2) is 0 Å². The van der Waals surface area contributed by atoms with Crippen LogP contribution in [0.5, 0.6) is 5.75 Å². The zero-order valence-corrected chi connectivity index (χ0v) is 17.4. The first-order valence-corrected chi connectivity index (χ1v) is 9.47. The van der Waals surface area contributed by atoms with E-state index in [0.717, 1.165) is 22.4 Å². The molecule has 25 heavy (non-hydrogen) atoms. The highest BCUT2D eigenvalue weighted by atomic mass is 35.5. The van der Waals surface area contributed by atoms with Gasteiger partial charge in [0.25, 0.3) is 0 Å². The minimum Gasteiger partial charge on any atom is -0.492 e. The molecule has 0 unspecified atom stereocenters. The lowest BCUT2D eigenvalue weighted by molar-refractivity contribution is 0.225. The summed E-state index contributed by atoms with van der Waals surface area (Å²) in [6.07, 6.45) is 5.82. The van der Waals surface area contributed by atoms with E-state index in [0.29, 0.717) is 16.7 Å². The van der Waals surface area contributed by atoms with Crippen molar-refractivity contribution >= 4 is 28.8 Å². The Morgan fingerprint density at radius 3 is 2.28 bits per heavy atom. The van der Waals surface area contributed by atoms with Crippen LogP contribution in [0.15, 0.2) is 42.7 Å². The third-order valence-corrected chi connectivity index (χ3v) is 4.14. The highest BCUT2D eigenvalue weighted by Gasteiger charge is 2.25. The van der Waals surface area contributed by atoms with E-state index in [2.05, 4.69) is 24.9 Å². The molecule has 136 valence electrons. The fraction of sp³-hybridized carbons (Fsp3) is 0.381. The lowest BCUT2D eigenvalue weighted by Gasteiger charge is -2.18. The van der Waals surface area contributed by atoms with Crippen molar-refractivity contribution in [2.45, 2.75) is 41.5 Å². The second-order valence-electron chi connectivity index (χ2n) is 5.84. The Balaban J connectivity index is 0.000000730. The summed E-state index contributed by atoms with van der Waals surface area (Å²) in [6.45, 7) is 12.9. The average Bonchev–Trinajstić information content (AvgIpc) is 2.77. The number of hydrogen-bond donors (Lipinski definition) is 0. The molecule has 0 saturated carbocycles. The lowest BCUT2D eigenvalue weighted by atomic mass is 9.88. The number of rotatable bonds is 1. The van der Waals surface area contributed by atoms with Gasteiger partial charge in [-0.3, -0.25) is 4.98 Å². The normalized spacial score (nSPS) is 14.3. The van der Waals surface area contributed by atoms with Crippen LogP contribution in [0.1, 0.15) is 52.7 Å². The topological polar surface area (TPSA) is 22.1 Å². The molecule has 0 fully saturated rings. The van der Waals surface area contributed by atoms with Crippen molar-refractivity contribution in [3.8, 4) is 5.75 Å². The van der Waals surface area contributed by atoms with Crippen LogP contribution in [-0.4, -0.2) is 11.6 Å². The van der Waals surface area contributed by atoms with Crippen LogP contribution in [0, 0.1) is 5.41 Å². The predicted octanol–water partition coefficient (Wildman–Crippen LogP) is 7.29. The SMILES string of the molecule is CC.CC.CC1(C)C=C(c2cccnc2)c2cc(Cl)c(Cl)cc2OC1. The van der Waals surface area contributed by atoms with Gasteiger partial charge in [-0.05, 0) is 17.7 Å². The van der Waals surface area contributed by atoms with Crippen LogP contribution in [-0.2, 0) is 0 Å². The molecule has 4 heteroatoms. The molecule has 0 radical (unpaired) electrons. The van der Waals surface area contributed by atoms with E-state index in [-0.39, 0.29) is 5.41 Å². The quantitative estimate of drug-likeness (QED) is 0.518. The summed E-state index contributed by atoms with van der Waals surface area (Å²) >= 11 is 12.3. The molecule has 0 N–H and O–H groups in total. The second-order valence-corrected chi connectivity index (χ2v) is 6.65. The first kappa shape index (κ1) is 21.5. The molecular formula is C21H27Cl2NO. The summed E-state index contributed by atoms with van der Waals surface area (Å²) in [6, 6.07) is 7.60. The van der Waals surface area contributed by atoms with E-state index in [9.17, 15) is 0 Å². The summed E-state index contributed by atoms with van der Waals surface area (Å²) in [7, 11) is 0. The van der Waals surface area contributed by atoms with Gasteiger partial charge in [-0.2, -0.15) is 0 Å². The number of nitrogens with zero attached hydrogens (tertiary/aromatic N) is 1. The average molecular weight is 380 g/mol. The van der Waals surface area contributed by atoms with Gasteiger partial charge in [0.1, 0.15) is 5.75 Å². The van der Waals surface area contributed by atoms with E-state index in [4.69, 9.17) is 27.9 Å². The smallest absolute Gasteiger partial charge is 0.128 e. The van der Waals surface area contributed by atoms with Gasteiger partial charge in [-0.25, -0.2) is 0 Å². The molecule has 0 saturated heterocycles. The van der Waals surface area contributed by atoms with Crippen molar-refractivity contribution in [3.05, 3.63) is 63.9 Å². The summed E-state index contributed by atoms with van der Waals surface area (Å²) in [5.41, 5.74) is 2.96. The van der Waals surface area contributed by atoms with Crippen LogP contribution in [0.4, 0.5) is 0 Å². The Labute approximate surface area is 161 Å². The van der Waals surface area contributed by atoms with E-state index in [1.807, 2.05) is 52.1 Å². The maximum Gasteiger partial charge on any atom is 0.128 e. The van der Waals surface area contributed by atoms with Gasteiger partial charge in [-0.15, -0.1) is 0 Å². The molecule has 1 aliphatic rings. The maximum atomic E-state index is 6.19. The molecule has 3 rings (SSSR count). The molecular weight excluding hydrogens is 353 g/mol. The highest BCUT2D eigenvalue weighted by Crippen LogP contribution is 2.41. The van der Waals surface area contributed by atoms with E-state index < -0.39 is 0 Å². The van der Waals surface area contributed by atoms with Crippen LogP contribution < -0.4 is 4.74 Å². The predicted molar refractivity (Wildman–Crippen MR) is 110 cm³/mol. The molecule has 0 aliphatic carbocycles. The molecule has 2 nitrogen and oxygen atoms in total. The minimum atomic E-state index is -0.0941. The highest BCUT2D eigenvalue weighted by molar-refractivity contribution is 6.42. The molecule has 0 bridgehead atoms. The number of pyridine rings is 1. The zero-order chi connectivity index (χ0) is 19.0. The van der Waals surface area contributed by atoms with Crippen molar-refractivity contribution in [2.75, 3.05) is 6.61 Å². The van der Waals surface area contributed by atoms with E-state index in [1.54, 1.807) is 12.3 Å². The largest absolute Gasteiger partial charge is 0.492 e. The van der Waals surface area contributed by atoms with Gasteiger partial charge >= 0.3 is 0 Å². The number of halogens is 2. The molecule has 0 amide bonds. The fourth-order valence-corrected chi connectivity index (χ4v) is 2.71. The summed E-state index contributed by atoms with van der Waals surface area (Å²) < 4.78 is 5.94. The van der Waals surface area contributed by atoms with Crippen molar-refractivity contribution in [2.24, 2.45) is 5.41 Å². The standard InChI is InChI=1S/C17H15Cl2NO.2C2H6/c1-17(2)8-13(11-4-3-5-20-9-11)12-6-14(18)15(19)7-16(12)21-10-17;2*1-2/h3-9H,10H2,1-2H3;2*1-2H3. The Bertz CT molecular complexity index is 709. The molecule has 1 aromatic heterocycles. The third kappa shape index (κ3) is 5.49. The van der Waals surface area contributed by atoms with Crippen molar-refractivity contribution in [3.63, 3.8) is 0 Å². The van der Waals surface area contributed by atoms with E-state index in [1.165, 1.54) is 0 Å². The first-order valence-electron chi connectivity index (χ1n) is 8.72.